The smallest absolute Gasteiger partial charge is 0.379 e. The highest BCUT2D eigenvalue weighted by Gasteiger charge is 2.39. The van der Waals surface area contributed by atoms with Crippen molar-refractivity contribution < 1.29 is 31.5 Å². The molecule has 1 atom stereocenters. The highest BCUT2D eigenvalue weighted by atomic mass is 35.5. The van der Waals surface area contributed by atoms with E-state index in [1.54, 1.807) is 9.80 Å². The van der Waals surface area contributed by atoms with Crippen molar-refractivity contribution in [3.63, 3.8) is 0 Å². The van der Waals surface area contributed by atoms with Gasteiger partial charge in [-0.15, -0.1) is 11.8 Å². The highest BCUT2D eigenvalue weighted by Crippen LogP contribution is 2.49. The summed E-state index contributed by atoms with van der Waals surface area (Å²) in [6.45, 7) is 2.54. The molecule has 0 aliphatic carbocycles. The molecule has 3 heterocycles. The molecule has 0 spiro atoms. The maximum Gasteiger partial charge on any atom is 0.417 e. The molecule has 208 valence electrons. The summed E-state index contributed by atoms with van der Waals surface area (Å²) in [5.41, 5.74) is -2.82. The SMILES string of the molecule is CO[C@@H]1CSc2c(-c3cc(Cl)c(F)cc3F)c(C(F)(F)F)cc3c(N4CCN(C(C)=O)CC4)nc(=O)n(c23)C1. The number of carbonyl (C=O) groups excluding carboxylic acids is 1. The zero-order valence-corrected chi connectivity index (χ0v) is 22.3. The van der Waals surface area contributed by atoms with Crippen LogP contribution in [0.3, 0.4) is 0 Å². The normalized spacial score (nSPS) is 18.0. The highest BCUT2D eigenvalue weighted by molar-refractivity contribution is 7.99. The lowest BCUT2D eigenvalue weighted by atomic mass is 9.95. The third kappa shape index (κ3) is 4.95. The summed E-state index contributed by atoms with van der Waals surface area (Å²) < 4.78 is 79.7. The fourth-order valence-corrected chi connectivity index (χ4v) is 6.44. The third-order valence-electron chi connectivity index (χ3n) is 6.94. The van der Waals surface area contributed by atoms with Gasteiger partial charge in [-0.2, -0.15) is 18.2 Å². The van der Waals surface area contributed by atoms with Crippen molar-refractivity contribution >= 4 is 46.0 Å². The number of amides is 1. The predicted molar refractivity (Wildman–Crippen MR) is 137 cm³/mol. The number of rotatable bonds is 3. The van der Waals surface area contributed by atoms with Crippen LogP contribution in [-0.2, 0) is 22.3 Å². The number of halogens is 6. The molecular formula is C25H22ClF5N4O3S. The zero-order valence-electron chi connectivity index (χ0n) is 20.7. The maximum absolute atomic E-state index is 15.1. The first-order valence-electron chi connectivity index (χ1n) is 11.9. The van der Waals surface area contributed by atoms with E-state index in [0.29, 0.717) is 19.2 Å². The second kappa shape index (κ2) is 10.3. The van der Waals surface area contributed by atoms with Gasteiger partial charge in [-0.25, -0.2) is 13.6 Å². The molecule has 39 heavy (non-hydrogen) atoms. The van der Waals surface area contributed by atoms with Crippen LogP contribution < -0.4 is 10.6 Å². The topological polar surface area (TPSA) is 67.7 Å². The van der Waals surface area contributed by atoms with E-state index in [-0.39, 0.29) is 52.9 Å². The summed E-state index contributed by atoms with van der Waals surface area (Å²) in [6, 6.07) is 2.12. The fourth-order valence-electron chi connectivity index (χ4n) is 4.96. The van der Waals surface area contributed by atoms with Gasteiger partial charge >= 0.3 is 11.9 Å². The van der Waals surface area contributed by atoms with Gasteiger partial charge in [0.25, 0.3) is 0 Å². The molecular weight excluding hydrogens is 567 g/mol. The first kappa shape index (κ1) is 27.7. The Kier molecular flexibility index (Phi) is 7.27. The molecule has 0 unspecified atom stereocenters. The van der Waals surface area contributed by atoms with Gasteiger partial charge < -0.3 is 14.5 Å². The molecule has 0 radical (unpaired) electrons. The number of hydrogen-bond acceptors (Lipinski definition) is 6. The van der Waals surface area contributed by atoms with Gasteiger partial charge in [-0.05, 0) is 12.1 Å². The summed E-state index contributed by atoms with van der Waals surface area (Å²) in [7, 11) is 1.42. The van der Waals surface area contributed by atoms with Crippen LogP contribution in [0.15, 0.2) is 27.9 Å². The van der Waals surface area contributed by atoms with Crippen molar-refractivity contribution in [1.29, 1.82) is 0 Å². The largest absolute Gasteiger partial charge is 0.417 e. The Balaban J connectivity index is 1.86. The Labute approximate surface area is 228 Å². The summed E-state index contributed by atoms with van der Waals surface area (Å²) in [5.74, 6) is -2.28. The third-order valence-corrected chi connectivity index (χ3v) is 8.46. The van der Waals surface area contributed by atoms with Crippen LogP contribution in [0, 0.1) is 11.6 Å². The van der Waals surface area contributed by atoms with Crippen LogP contribution >= 0.6 is 23.4 Å². The molecule has 0 bridgehead atoms. The average Bonchev–Trinajstić information content (AvgIpc) is 3.08. The Bertz CT molecular complexity index is 1540. The van der Waals surface area contributed by atoms with Gasteiger partial charge in [0.1, 0.15) is 17.5 Å². The van der Waals surface area contributed by atoms with Gasteiger partial charge in [0.05, 0.1) is 28.8 Å². The van der Waals surface area contributed by atoms with E-state index in [1.165, 1.54) is 18.6 Å². The minimum absolute atomic E-state index is 0.00862. The van der Waals surface area contributed by atoms with Gasteiger partial charge in [-0.3, -0.25) is 9.36 Å². The molecule has 0 N–H and O–H groups in total. The van der Waals surface area contributed by atoms with E-state index in [9.17, 15) is 27.2 Å². The molecule has 14 heteroatoms. The second-order valence-electron chi connectivity index (χ2n) is 9.26. The van der Waals surface area contributed by atoms with Crippen molar-refractivity contribution in [1.82, 2.24) is 14.5 Å². The summed E-state index contributed by atoms with van der Waals surface area (Å²) in [5, 5.41) is -0.494. The number of methoxy groups -OCH3 is 1. The first-order chi connectivity index (χ1) is 18.4. The number of nitrogens with zero attached hydrogens (tertiary/aromatic N) is 4. The van der Waals surface area contributed by atoms with Gasteiger partial charge in [-0.1, -0.05) is 11.6 Å². The van der Waals surface area contributed by atoms with Gasteiger partial charge in [0, 0.05) is 73.4 Å². The Morgan fingerprint density at radius 2 is 1.82 bits per heavy atom. The Hall–Kier alpha value is -2.90. The Morgan fingerprint density at radius 1 is 1.13 bits per heavy atom. The van der Waals surface area contributed by atoms with E-state index < -0.39 is 51.3 Å². The van der Waals surface area contributed by atoms with Crippen LogP contribution in [0.1, 0.15) is 12.5 Å². The number of benzene rings is 2. The zero-order chi connectivity index (χ0) is 28.2. The maximum atomic E-state index is 15.1. The van der Waals surface area contributed by atoms with Crippen molar-refractivity contribution in [3.8, 4) is 11.1 Å². The van der Waals surface area contributed by atoms with Crippen molar-refractivity contribution in [3.05, 3.63) is 50.9 Å². The van der Waals surface area contributed by atoms with E-state index >= 15 is 4.39 Å². The van der Waals surface area contributed by atoms with Crippen LogP contribution in [-0.4, -0.2) is 65.5 Å². The van der Waals surface area contributed by atoms with Crippen LogP contribution in [0.25, 0.3) is 22.0 Å². The van der Waals surface area contributed by atoms with E-state index in [1.807, 2.05) is 0 Å². The van der Waals surface area contributed by atoms with E-state index in [2.05, 4.69) is 4.98 Å². The predicted octanol–water partition coefficient (Wildman–Crippen LogP) is 4.80. The molecule has 1 saturated heterocycles. The molecule has 5 rings (SSSR count). The first-order valence-corrected chi connectivity index (χ1v) is 13.3. The van der Waals surface area contributed by atoms with Crippen molar-refractivity contribution in [2.75, 3.05) is 43.9 Å². The molecule has 0 saturated carbocycles. The van der Waals surface area contributed by atoms with Crippen LogP contribution in [0.2, 0.25) is 5.02 Å². The molecule has 2 aromatic carbocycles. The molecule has 2 aliphatic rings. The van der Waals surface area contributed by atoms with E-state index in [0.717, 1.165) is 23.9 Å². The van der Waals surface area contributed by atoms with Crippen molar-refractivity contribution in [2.45, 2.75) is 30.6 Å². The summed E-state index contributed by atoms with van der Waals surface area (Å²) in [6.07, 6.45) is -5.51. The standard InChI is InChI=1S/C25H22ClF5N4O3S/c1-12(36)33-3-5-34(6-4-33)23-15-7-16(25(29,30)31)20(14-8-17(26)19(28)9-18(14)27)22-21(15)35(24(37)32-23)10-13(38-2)11-39-22/h7-9,13H,3-6,10-11H2,1-2H3/t13-/m0/s1. The van der Waals surface area contributed by atoms with Crippen LogP contribution in [0.5, 0.6) is 0 Å². The number of piperazine rings is 1. The summed E-state index contributed by atoms with van der Waals surface area (Å²) >= 11 is 6.86. The number of aromatic nitrogens is 2. The van der Waals surface area contributed by atoms with Gasteiger partial charge in [0.2, 0.25) is 5.91 Å². The van der Waals surface area contributed by atoms with Crippen LogP contribution in [0.4, 0.5) is 27.8 Å². The fraction of sp³-hybridized carbons (Fsp3) is 0.400. The number of carbonyl (C=O) groups is 1. The minimum Gasteiger partial charge on any atom is -0.379 e. The molecule has 1 aromatic heterocycles. The second-order valence-corrected chi connectivity index (χ2v) is 10.7. The molecule has 3 aromatic rings. The molecule has 2 aliphatic heterocycles. The van der Waals surface area contributed by atoms with Crippen molar-refractivity contribution in [2.24, 2.45) is 0 Å². The van der Waals surface area contributed by atoms with Gasteiger partial charge in [0.15, 0.2) is 0 Å². The lowest BCUT2D eigenvalue weighted by Crippen LogP contribution is -2.49. The monoisotopic (exact) mass is 588 g/mol. The number of thioether (sulfide) groups is 1. The quantitative estimate of drug-likeness (QED) is 0.323. The molecule has 7 nitrogen and oxygen atoms in total. The molecule has 1 fully saturated rings. The average molecular weight is 589 g/mol. The minimum atomic E-state index is -4.95. The number of hydrogen-bond donors (Lipinski definition) is 0. The number of alkyl halides is 3. The number of ether oxygens (including phenoxy) is 1. The number of anilines is 1. The molecule has 1 amide bonds. The Morgan fingerprint density at radius 3 is 2.44 bits per heavy atom. The van der Waals surface area contributed by atoms with E-state index in [4.69, 9.17) is 16.3 Å². The lowest BCUT2D eigenvalue weighted by Gasteiger charge is -2.35. The lowest BCUT2D eigenvalue weighted by molar-refractivity contribution is -0.137. The summed E-state index contributed by atoms with van der Waals surface area (Å²) in [4.78, 5) is 32.5.